The Bertz CT molecular complexity index is 480. The molecule has 2 saturated heterocycles. The van der Waals surface area contributed by atoms with Gasteiger partial charge in [-0.3, -0.25) is 4.79 Å². The second-order valence-electron chi connectivity index (χ2n) is 6.25. The van der Waals surface area contributed by atoms with E-state index in [1.54, 1.807) is 0 Å². The molecule has 0 radical (unpaired) electrons. The van der Waals surface area contributed by atoms with Crippen LogP contribution in [0.15, 0.2) is 24.3 Å². The summed E-state index contributed by atoms with van der Waals surface area (Å²) in [5.74, 6) is 1.13. The van der Waals surface area contributed by atoms with Crippen LogP contribution in [0.4, 0.5) is 5.69 Å². The number of likely N-dealkylation sites (tertiary alicyclic amines) is 1. The highest BCUT2D eigenvalue weighted by Crippen LogP contribution is 2.23. The molecule has 0 aliphatic carbocycles. The fraction of sp³-hybridized carbons (Fsp3) is 0.611. The zero-order chi connectivity index (χ0) is 15.2. The maximum absolute atomic E-state index is 11.7. The van der Waals surface area contributed by atoms with Gasteiger partial charge < -0.3 is 14.5 Å². The monoisotopic (exact) mass is 302 g/mol. The number of rotatable bonds is 6. The van der Waals surface area contributed by atoms with Crippen LogP contribution in [0.2, 0.25) is 0 Å². The highest BCUT2D eigenvalue weighted by atomic mass is 16.5. The predicted molar refractivity (Wildman–Crippen MR) is 88.4 cm³/mol. The van der Waals surface area contributed by atoms with Crippen LogP contribution in [0, 0.1) is 0 Å². The van der Waals surface area contributed by atoms with Gasteiger partial charge in [-0.15, -0.1) is 0 Å². The first-order valence-corrected chi connectivity index (χ1v) is 8.58. The first-order chi connectivity index (χ1) is 10.8. The molecule has 0 spiro atoms. The highest BCUT2D eigenvalue weighted by molar-refractivity contribution is 5.95. The zero-order valence-corrected chi connectivity index (χ0v) is 13.3. The van der Waals surface area contributed by atoms with E-state index >= 15 is 0 Å². The van der Waals surface area contributed by atoms with E-state index in [9.17, 15) is 4.79 Å². The minimum absolute atomic E-state index is 0.232. The summed E-state index contributed by atoms with van der Waals surface area (Å²) in [6.45, 7) is 5.24. The van der Waals surface area contributed by atoms with Gasteiger partial charge in [0.05, 0.1) is 6.61 Å². The first-order valence-electron chi connectivity index (χ1n) is 8.58. The molecule has 0 unspecified atom stereocenters. The molecule has 0 atom stereocenters. The molecule has 4 nitrogen and oxygen atoms in total. The summed E-state index contributed by atoms with van der Waals surface area (Å²) in [5, 5.41) is 0. The molecule has 120 valence electrons. The summed E-state index contributed by atoms with van der Waals surface area (Å²) in [7, 11) is 0. The van der Waals surface area contributed by atoms with Gasteiger partial charge in [-0.1, -0.05) is 6.42 Å². The lowest BCUT2D eigenvalue weighted by atomic mass is 10.1. The average molecular weight is 302 g/mol. The Kier molecular flexibility index (Phi) is 5.33. The third kappa shape index (κ3) is 4.01. The second-order valence-corrected chi connectivity index (χ2v) is 6.25. The van der Waals surface area contributed by atoms with Crippen LogP contribution in [0.25, 0.3) is 0 Å². The van der Waals surface area contributed by atoms with Crippen molar-refractivity contribution >= 4 is 11.6 Å². The Labute approximate surface area is 133 Å². The number of hydrogen-bond donors (Lipinski definition) is 0. The van der Waals surface area contributed by atoms with Gasteiger partial charge in [-0.2, -0.15) is 0 Å². The van der Waals surface area contributed by atoms with Crippen LogP contribution < -0.4 is 9.64 Å². The predicted octanol–water partition coefficient (Wildman–Crippen LogP) is 3.07. The molecule has 1 amide bonds. The lowest BCUT2D eigenvalue weighted by molar-refractivity contribution is -0.117. The van der Waals surface area contributed by atoms with Crippen molar-refractivity contribution in [2.45, 2.75) is 38.5 Å². The van der Waals surface area contributed by atoms with Crippen LogP contribution in [-0.4, -0.2) is 43.6 Å². The Balaban J connectivity index is 1.40. The molecule has 1 aromatic carbocycles. The van der Waals surface area contributed by atoms with Gasteiger partial charge in [-0.25, -0.2) is 0 Å². The van der Waals surface area contributed by atoms with Crippen molar-refractivity contribution in [2.75, 3.05) is 37.7 Å². The third-order valence-corrected chi connectivity index (χ3v) is 4.56. The number of carbonyl (C=O) groups is 1. The molecule has 2 heterocycles. The van der Waals surface area contributed by atoms with E-state index in [1.807, 2.05) is 29.2 Å². The average Bonchev–Trinajstić information content (AvgIpc) is 2.99. The van der Waals surface area contributed by atoms with Gasteiger partial charge in [0.15, 0.2) is 0 Å². The van der Waals surface area contributed by atoms with Gasteiger partial charge in [0.1, 0.15) is 5.75 Å². The summed E-state index contributed by atoms with van der Waals surface area (Å²) in [6.07, 6.45) is 6.79. The van der Waals surface area contributed by atoms with Crippen molar-refractivity contribution in [2.24, 2.45) is 0 Å². The van der Waals surface area contributed by atoms with E-state index in [4.69, 9.17) is 4.74 Å². The quantitative estimate of drug-likeness (QED) is 0.757. The fourth-order valence-corrected chi connectivity index (χ4v) is 3.30. The van der Waals surface area contributed by atoms with Crippen LogP contribution in [-0.2, 0) is 4.79 Å². The van der Waals surface area contributed by atoms with E-state index in [0.717, 1.165) is 44.0 Å². The van der Waals surface area contributed by atoms with Crippen LogP contribution in [0.3, 0.4) is 0 Å². The Hall–Kier alpha value is -1.55. The van der Waals surface area contributed by atoms with Crippen LogP contribution in [0.5, 0.6) is 5.75 Å². The molecule has 0 bridgehead atoms. The van der Waals surface area contributed by atoms with Gasteiger partial charge in [0.25, 0.3) is 0 Å². The normalized spacial score (nSPS) is 19.6. The summed E-state index contributed by atoms with van der Waals surface area (Å²) < 4.78 is 5.81. The molecule has 2 aliphatic rings. The minimum Gasteiger partial charge on any atom is -0.494 e. The number of benzene rings is 1. The summed E-state index contributed by atoms with van der Waals surface area (Å²) in [4.78, 5) is 16.1. The molecule has 0 aromatic heterocycles. The topological polar surface area (TPSA) is 32.8 Å². The van der Waals surface area contributed by atoms with E-state index in [2.05, 4.69) is 4.90 Å². The van der Waals surface area contributed by atoms with Gasteiger partial charge in [0.2, 0.25) is 5.91 Å². The Morgan fingerprint density at radius 3 is 2.41 bits per heavy atom. The van der Waals surface area contributed by atoms with Gasteiger partial charge in [-0.05, 0) is 63.0 Å². The van der Waals surface area contributed by atoms with E-state index in [0.29, 0.717) is 6.42 Å². The molecule has 0 N–H and O–H groups in total. The highest BCUT2D eigenvalue weighted by Gasteiger charge is 2.21. The molecule has 0 saturated carbocycles. The van der Waals surface area contributed by atoms with Crippen LogP contribution >= 0.6 is 0 Å². The summed E-state index contributed by atoms with van der Waals surface area (Å²) in [6, 6.07) is 7.93. The number of hydrogen-bond acceptors (Lipinski definition) is 3. The third-order valence-electron chi connectivity index (χ3n) is 4.56. The SMILES string of the molecule is O=C1CCCN1c1ccc(OCCCN2CCCCC2)cc1. The maximum Gasteiger partial charge on any atom is 0.227 e. The molecule has 3 rings (SSSR count). The van der Waals surface area contributed by atoms with Crippen LogP contribution in [0.1, 0.15) is 38.5 Å². The molecular formula is C18H26N2O2. The lowest BCUT2D eigenvalue weighted by Crippen LogP contribution is -2.31. The van der Waals surface area contributed by atoms with Crippen molar-refractivity contribution in [3.05, 3.63) is 24.3 Å². The molecule has 2 fully saturated rings. The molecular weight excluding hydrogens is 276 g/mol. The Morgan fingerprint density at radius 1 is 0.955 bits per heavy atom. The lowest BCUT2D eigenvalue weighted by Gasteiger charge is -2.26. The van der Waals surface area contributed by atoms with Gasteiger partial charge in [0, 0.05) is 25.2 Å². The number of piperidine rings is 1. The largest absolute Gasteiger partial charge is 0.494 e. The fourth-order valence-electron chi connectivity index (χ4n) is 3.30. The van der Waals surface area contributed by atoms with Crippen molar-refractivity contribution in [1.82, 2.24) is 4.90 Å². The molecule has 2 aliphatic heterocycles. The number of carbonyl (C=O) groups excluding carboxylic acids is 1. The van der Waals surface area contributed by atoms with Crippen molar-refractivity contribution in [3.63, 3.8) is 0 Å². The molecule has 22 heavy (non-hydrogen) atoms. The summed E-state index contributed by atoms with van der Waals surface area (Å²) in [5.41, 5.74) is 0.989. The molecule has 4 heteroatoms. The number of anilines is 1. The standard InChI is InChI=1S/C18H26N2O2/c21-18-6-4-14-20(18)16-7-9-17(10-8-16)22-15-5-13-19-11-2-1-3-12-19/h7-10H,1-6,11-15H2. The maximum atomic E-state index is 11.7. The van der Waals surface area contributed by atoms with Crippen molar-refractivity contribution in [3.8, 4) is 5.75 Å². The smallest absolute Gasteiger partial charge is 0.227 e. The van der Waals surface area contributed by atoms with E-state index < -0.39 is 0 Å². The number of ether oxygens (including phenoxy) is 1. The number of amides is 1. The minimum atomic E-state index is 0.232. The second kappa shape index (κ2) is 7.63. The zero-order valence-electron chi connectivity index (χ0n) is 13.3. The Morgan fingerprint density at radius 2 is 1.73 bits per heavy atom. The van der Waals surface area contributed by atoms with Crippen molar-refractivity contribution in [1.29, 1.82) is 0 Å². The van der Waals surface area contributed by atoms with Crippen molar-refractivity contribution < 1.29 is 9.53 Å². The van der Waals surface area contributed by atoms with E-state index in [-0.39, 0.29) is 5.91 Å². The summed E-state index contributed by atoms with van der Waals surface area (Å²) >= 11 is 0. The first kappa shape index (κ1) is 15.3. The van der Waals surface area contributed by atoms with Gasteiger partial charge >= 0.3 is 0 Å². The molecule has 1 aromatic rings. The van der Waals surface area contributed by atoms with E-state index in [1.165, 1.54) is 32.4 Å². The number of nitrogens with zero attached hydrogens (tertiary/aromatic N) is 2.